The van der Waals surface area contributed by atoms with Crippen molar-refractivity contribution in [2.24, 2.45) is 23.7 Å². The zero-order valence-electron chi connectivity index (χ0n) is 14.7. The van der Waals surface area contributed by atoms with Crippen molar-refractivity contribution in [2.75, 3.05) is 13.2 Å². The highest BCUT2D eigenvalue weighted by Gasteiger charge is 2.31. The molecule has 21 heavy (non-hydrogen) atoms. The monoisotopic (exact) mass is 295 g/mol. The van der Waals surface area contributed by atoms with E-state index in [1.54, 1.807) is 0 Å². The summed E-state index contributed by atoms with van der Waals surface area (Å²) in [4.78, 5) is 0. The molecule has 0 aromatic carbocycles. The van der Waals surface area contributed by atoms with Gasteiger partial charge in [-0.3, -0.25) is 0 Å². The van der Waals surface area contributed by atoms with Gasteiger partial charge in [0.05, 0.1) is 12.7 Å². The van der Waals surface area contributed by atoms with Gasteiger partial charge in [-0.15, -0.1) is 0 Å². The molecule has 0 radical (unpaired) electrons. The Balaban J connectivity index is 1.66. The van der Waals surface area contributed by atoms with Crippen molar-refractivity contribution in [1.29, 1.82) is 0 Å². The maximum Gasteiger partial charge on any atom is 0.0608 e. The summed E-state index contributed by atoms with van der Waals surface area (Å²) in [5.41, 5.74) is 0. The molecule has 2 aliphatic rings. The van der Waals surface area contributed by atoms with Gasteiger partial charge in [-0.2, -0.15) is 0 Å². The number of rotatable bonds is 6. The molecule has 2 rings (SSSR count). The zero-order valence-corrected chi connectivity index (χ0v) is 14.7. The lowest BCUT2D eigenvalue weighted by molar-refractivity contribution is -0.0374. The summed E-state index contributed by atoms with van der Waals surface area (Å²) in [6, 6.07) is 0.739. The minimum absolute atomic E-state index is 0.501. The number of hydrogen-bond donors (Lipinski definition) is 1. The van der Waals surface area contributed by atoms with Crippen LogP contribution in [-0.4, -0.2) is 25.3 Å². The Hall–Kier alpha value is -0.0800. The van der Waals surface area contributed by atoms with Gasteiger partial charge in [0, 0.05) is 12.6 Å². The van der Waals surface area contributed by atoms with Crippen molar-refractivity contribution in [1.82, 2.24) is 5.32 Å². The lowest BCUT2D eigenvalue weighted by Crippen LogP contribution is -2.38. The maximum atomic E-state index is 6.28. The standard InChI is InChI=1S/C19H37NO/c1-14(2)18-9-8-16(4)13-19(18)21-11-10-20-17-7-5-6-15(3)12-17/h14-20H,5-13H2,1-4H3. The van der Waals surface area contributed by atoms with E-state index in [-0.39, 0.29) is 0 Å². The summed E-state index contributed by atoms with van der Waals surface area (Å²) < 4.78 is 6.28. The normalized spacial score (nSPS) is 37.9. The van der Waals surface area contributed by atoms with Gasteiger partial charge in [-0.1, -0.05) is 47.0 Å². The quantitative estimate of drug-likeness (QED) is 0.721. The molecule has 0 aromatic heterocycles. The van der Waals surface area contributed by atoms with Crippen LogP contribution in [-0.2, 0) is 4.74 Å². The third-order valence-corrected chi connectivity index (χ3v) is 5.76. The molecule has 0 aromatic rings. The molecule has 2 aliphatic carbocycles. The van der Waals surface area contributed by atoms with Crippen LogP contribution in [0.2, 0.25) is 0 Å². The van der Waals surface area contributed by atoms with Crippen molar-refractivity contribution >= 4 is 0 Å². The Labute approximate surface area is 132 Å². The third kappa shape index (κ3) is 5.56. The third-order valence-electron chi connectivity index (χ3n) is 5.76. The summed E-state index contributed by atoms with van der Waals surface area (Å²) >= 11 is 0. The first kappa shape index (κ1) is 17.3. The number of ether oxygens (including phenoxy) is 1. The molecule has 0 spiro atoms. The van der Waals surface area contributed by atoms with Gasteiger partial charge >= 0.3 is 0 Å². The van der Waals surface area contributed by atoms with Gasteiger partial charge in [0.1, 0.15) is 0 Å². The fourth-order valence-electron chi connectivity index (χ4n) is 4.40. The second-order valence-corrected chi connectivity index (χ2v) is 8.16. The van der Waals surface area contributed by atoms with Crippen LogP contribution in [0.3, 0.4) is 0 Å². The summed E-state index contributed by atoms with van der Waals surface area (Å²) in [5, 5.41) is 3.72. The van der Waals surface area contributed by atoms with Crippen LogP contribution in [0.4, 0.5) is 0 Å². The van der Waals surface area contributed by atoms with Gasteiger partial charge in [0.2, 0.25) is 0 Å². The number of hydrogen-bond acceptors (Lipinski definition) is 2. The molecule has 2 nitrogen and oxygen atoms in total. The van der Waals surface area contributed by atoms with E-state index >= 15 is 0 Å². The van der Waals surface area contributed by atoms with Gasteiger partial charge in [0.25, 0.3) is 0 Å². The van der Waals surface area contributed by atoms with Crippen molar-refractivity contribution in [3.05, 3.63) is 0 Å². The predicted octanol–water partition coefficient (Wildman–Crippen LogP) is 4.63. The van der Waals surface area contributed by atoms with Crippen LogP contribution in [0.25, 0.3) is 0 Å². The van der Waals surface area contributed by atoms with E-state index in [0.717, 1.165) is 42.9 Å². The van der Waals surface area contributed by atoms with Gasteiger partial charge in [-0.05, 0) is 49.4 Å². The molecule has 2 saturated carbocycles. The van der Waals surface area contributed by atoms with Crippen molar-refractivity contribution in [3.63, 3.8) is 0 Å². The number of nitrogens with one attached hydrogen (secondary N) is 1. The molecular weight excluding hydrogens is 258 g/mol. The second kappa shape index (κ2) is 8.53. The van der Waals surface area contributed by atoms with Crippen molar-refractivity contribution in [3.8, 4) is 0 Å². The summed E-state index contributed by atoms with van der Waals surface area (Å²) in [7, 11) is 0. The molecule has 0 aliphatic heterocycles. The lowest BCUT2D eigenvalue weighted by atomic mass is 9.75. The SMILES string of the molecule is CC1CCCC(NCCOC2CC(C)CCC2C(C)C)C1. The van der Waals surface area contributed by atoms with E-state index in [0.29, 0.717) is 6.10 Å². The van der Waals surface area contributed by atoms with Crippen LogP contribution in [0.5, 0.6) is 0 Å². The average Bonchev–Trinajstić information content (AvgIpc) is 2.43. The van der Waals surface area contributed by atoms with Crippen LogP contribution < -0.4 is 5.32 Å². The van der Waals surface area contributed by atoms with E-state index < -0.39 is 0 Å². The maximum absolute atomic E-state index is 6.28. The summed E-state index contributed by atoms with van der Waals surface area (Å²) in [5.74, 6) is 3.28. The molecule has 0 saturated heterocycles. The average molecular weight is 296 g/mol. The van der Waals surface area contributed by atoms with E-state index in [1.807, 2.05) is 0 Å². The summed E-state index contributed by atoms with van der Waals surface area (Å²) in [6.07, 6.45) is 10.1. The minimum Gasteiger partial charge on any atom is -0.377 e. The first-order valence-corrected chi connectivity index (χ1v) is 9.41. The fraction of sp³-hybridized carbons (Fsp3) is 1.00. The van der Waals surface area contributed by atoms with E-state index in [2.05, 4.69) is 33.0 Å². The molecule has 124 valence electrons. The molecule has 0 bridgehead atoms. The van der Waals surface area contributed by atoms with Crippen LogP contribution in [0.1, 0.15) is 72.6 Å². The molecule has 2 heteroatoms. The predicted molar refractivity (Wildman–Crippen MR) is 90.5 cm³/mol. The molecular formula is C19H37NO. The highest BCUT2D eigenvalue weighted by molar-refractivity contribution is 4.81. The summed E-state index contributed by atoms with van der Waals surface area (Å²) in [6.45, 7) is 11.4. The Kier molecular flexibility index (Phi) is 7.01. The van der Waals surface area contributed by atoms with Crippen molar-refractivity contribution < 1.29 is 4.74 Å². The molecule has 1 N–H and O–H groups in total. The largest absolute Gasteiger partial charge is 0.377 e. The van der Waals surface area contributed by atoms with Crippen LogP contribution in [0, 0.1) is 23.7 Å². The lowest BCUT2D eigenvalue weighted by Gasteiger charge is -2.37. The Morgan fingerprint density at radius 3 is 2.48 bits per heavy atom. The Morgan fingerprint density at radius 1 is 1.00 bits per heavy atom. The second-order valence-electron chi connectivity index (χ2n) is 8.16. The van der Waals surface area contributed by atoms with E-state index in [1.165, 1.54) is 44.9 Å². The molecule has 2 fully saturated rings. The Bertz CT molecular complexity index is 291. The topological polar surface area (TPSA) is 21.3 Å². The molecule has 5 unspecified atom stereocenters. The van der Waals surface area contributed by atoms with Crippen LogP contribution >= 0.6 is 0 Å². The highest BCUT2D eigenvalue weighted by atomic mass is 16.5. The smallest absolute Gasteiger partial charge is 0.0608 e. The minimum atomic E-state index is 0.501. The van der Waals surface area contributed by atoms with Crippen LogP contribution in [0.15, 0.2) is 0 Å². The fourth-order valence-corrected chi connectivity index (χ4v) is 4.40. The zero-order chi connectivity index (χ0) is 15.2. The molecule has 5 atom stereocenters. The first-order chi connectivity index (χ1) is 10.1. The van der Waals surface area contributed by atoms with Crippen molar-refractivity contribution in [2.45, 2.75) is 84.8 Å². The molecule has 0 amide bonds. The van der Waals surface area contributed by atoms with Gasteiger partial charge in [0.15, 0.2) is 0 Å². The van der Waals surface area contributed by atoms with E-state index in [4.69, 9.17) is 4.74 Å². The van der Waals surface area contributed by atoms with E-state index in [9.17, 15) is 0 Å². The highest BCUT2D eigenvalue weighted by Crippen LogP contribution is 2.35. The van der Waals surface area contributed by atoms with Gasteiger partial charge in [-0.25, -0.2) is 0 Å². The first-order valence-electron chi connectivity index (χ1n) is 9.41. The molecule has 0 heterocycles. The Morgan fingerprint density at radius 2 is 1.76 bits per heavy atom. The van der Waals surface area contributed by atoms with Gasteiger partial charge < -0.3 is 10.1 Å².